The predicted molar refractivity (Wildman–Crippen MR) is 133 cm³/mol. The number of esters is 1. The van der Waals surface area contributed by atoms with E-state index in [1.165, 1.54) is 11.8 Å². The van der Waals surface area contributed by atoms with Gasteiger partial charge in [-0.05, 0) is 24.5 Å². The van der Waals surface area contributed by atoms with Crippen LogP contribution >= 0.6 is 11.8 Å². The molecule has 3 atom stereocenters. The lowest BCUT2D eigenvalue weighted by atomic mass is 10.1. The molecular weight excluding hydrogens is 470 g/mol. The molecule has 0 aliphatic heterocycles. The number of nitrogens with one attached hydrogen (secondary N) is 2. The van der Waals surface area contributed by atoms with E-state index in [9.17, 15) is 19.2 Å². The molecule has 188 valence electrons. The van der Waals surface area contributed by atoms with E-state index in [0.717, 1.165) is 5.56 Å². The highest BCUT2D eigenvalue weighted by atomic mass is 32.2. The van der Waals surface area contributed by atoms with Gasteiger partial charge in [-0.3, -0.25) is 14.4 Å². The molecule has 2 aromatic rings. The monoisotopic (exact) mass is 501 g/mol. The molecule has 0 aromatic heterocycles. The number of aliphatic carboxylic acids is 1. The highest BCUT2D eigenvalue weighted by Crippen LogP contribution is 2.17. The third-order valence-corrected chi connectivity index (χ3v) is 6.10. The first-order valence-corrected chi connectivity index (χ1v) is 12.4. The molecular formula is C25H31N3O6S. The van der Waals surface area contributed by atoms with Crippen LogP contribution in [0.1, 0.15) is 36.9 Å². The molecule has 0 bridgehead atoms. The van der Waals surface area contributed by atoms with Gasteiger partial charge in [0.05, 0.1) is 6.61 Å². The Morgan fingerprint density at radius 2 is 1.63 bits per heavy atom. The van der Waals surface area contributed by atoms with Crippen LogP contribution in [0.5, 0.6) is 0 Å². The van der Waals surface area contributed by atoms with Crippen molar-refractivity contribution in [2.45, 2.75) is 43.6 Å². The summed E-state index contributed by atoms with van der Waals surface area (Å²) in [5.41, 5.74) is 7.09. The molecule has 35 heavy (non-hydrogen) atoms. The highest BCUT2D eigenvalue weighted by Gasteiger charge is 2.29. The van der Waals surface area contributed by atoms with Gasteiger partial charge in [0, 0.05) is 17.9 Å². The van der Waals surface area contributed by atoms with Gasteiger partial charge in [0.15, 0.2) is 6.04 Å². The first-order valence-electron chi connectivity index (χ1n) is 11.2. The van der Waals surface area contributed by atoms with E-state index in [2.05, 4.69) is 10.6 Å². The van der Waals surface area contributed by atoms with Crippen molar-refractivity contribution in [3.8, 4) is 0 Å². The summed E-state index contributed by atoms with van der Waals surface area (Å²) in [6.07, 6.45) is -0.220. The molecule has 0 aliphatic carbocycles. The molecule has 5 N–H and O–H groups in total. The van der Waals surface area contributed by atoms with Gasteiger partial charge >= 0.3 is 11.9 Å². The number of carboxylic acid groups (broad SMARTS) is 1. The summed E-state index contributed by atoms with van der Waals surface area (Å²) in [6, 6.07) is 15.2. The fraction of sp³-hybridized carbons (Fsp3) is 0.360. The van der Waals surface area contributed by atoms with Gasteiger partial charge in [0.2, 0.25) is 11.8 Å². The van der Waals surface area contributed by atoms with E-state index in [1.807, 2.05) is 30.3 Å². The van der Waals surface area contributed by atoms with Crippen LogP contribution in [0.4, 0.5) is 0 Å². The smallest absolute Gasteiger partial charge is 0.333 e. The lowest BCUT2D eigenvalue weighted by molar-refractivity contribution is -0.147. The third-order valence-electron chi connectivity index (χ3n) is 4.99. The number of rotatable bonds is 14. The Bertz CT molecular complexity index is 974. The first kappa shape index (κ1) is 27.9. The minimum Gasteiger partial charge on any atom is -0.480 e. The molecule has 2 amide bonds. The quantitative estimate of drug-likeness (QED) is 0.287. The lowest BCUT2D eigenvalue weighted by Gasteiger charge is -2.23. The van der Waals surface area contributed by atoms with Gasteiger partial charge in [-0.15, -0.1) is 0 Å². The lowest BCUT2D eigenvalue weighted by Crippen LogP contribution is -2.50. The van der Waals surface area contributed by atoms with E-state index in [4.69, 9.17) is 15.6 Å². The topological polar surface area (TPSA) is 148 Å². The van der Waals surface area contributed by atoms with Crippen LogP contribution in [-0.2, 0) is 29.7 Å². The second kappa shape index (κ2) is 14.8. The van der Waals surface area contributed by atoms with Crippen molar-refractivity contribution in [3.63, 3.8) is 0 Å². The van der Waals surface area contributed by atoms with Crippen LogP contribution in [0.2, 0.25) is 0 Å². The van der Waals surface area contributed by atoms with Gasteiger partial charge in [-0.25, -0.2) is 4.79 Å². The van der Waals surface area contributed by atoms with Crippen LogP contribution in [0, 0.1) is 0 Å². The number of benzene rings is 2. The normalized spacial score (nSPS) is 13.2. The summed E-state index contributed by atoms with van der Waals surface area (Å²) in [4.78, 5) is 49.2. The Morgan fingerprint density at radius 1 is 1.00 bits per heavy atom. The summed E-state index contributed by atoms with van der Waals surface area (Å²) >= 11 is 1.45. The van der Waals surface area contributed by atoms with Crippen molar-refractivity contribution in [1.82, 2.24) is 10.6 Å². The molecule has 2 rings (SSSR count). The zero-order chi connectivity index (χ0) is 25.6. The van der Waals surface area contributed by atoms with Crippen molar-refractivity contribution in [1.29, 1.82) is 0 Å². The van der Waals surface area contributed by atoms with Crippen molar-refractivity contribution >= 4 is 35.5 Å². The average Bonchev–Trinajstić information content (AvgIpc) is 2.86. The van der Waals surface area contributed by atoms with Gasteiger partial charge in [0.25, 0.3) is 0 Å². The van der Waals surface area contributed by atoms with Gasteiger partial charge in [-0.1, -0.05) is 60.7 Å². The van der Waals surface area contributed by atoms with Crippen LogP contribution in [0.3, 0.4) is 0 Å². The largest absolute Gasteiger partial charge is 0.480 e. The SMILES string of the molecule is CCOC(=O)[C@@H](NC(=O)C(CSCc1ccccc1)NC(=O)CCC(N)C(=O)O)c1ccccc1. The van der Waals surface area contributed by atoms with E-state index in [1.54, 1.807) is 37.3 Å². The van der Waals surface area contributed by atoms with Crippen molar-refractivity contribution in [3.05, 3.63) is 71.8 Å². The van der Waals surface area contributed by atoms with Gasteiger partial charge in [-0.2, -0.15) is 11.8 Å². The minimum absolute atomic E-state index is 0.0673. The molecule has 0 heterocycles. The van der Waals surface area contributed by atoms with Crippen molar-refractivity contribution < 1.29 is 29.0 Å². The molecule has 2 aromatic carbocycles. The summed E-state index contributed by atoms with van der Waals surface area (Å²) in [5, 5.41) is 14.3. The van der Waals surface area contributed by atoms with Crippen molar-refractivity contribution in [2.24, 2.45) is 5.73 Å². The van der Waals surface area contributed by atoms with Crippen LogP contribution in [0.25, 0.3) is 0 Å². The fourth-order valence-electron chi connectivity index (χ4n) is 3.12. The standard InChI is InChI=1S/C25H31N3O6S/c1-2-34-25(33)22(18-11-7-4-8-12-18)28-23(30)20(16-35-15-17-9-5-3-6-10-17)27-21(29)14-13-19(26)24(31)32/h3-12,19-20,22H,2,13-16,26H2,1H3,(H,27,29)(H,28,30)(H,31,32)/t19?,20?,22-/m0/s1. The minimum atomic E-state index is -1.20. The predicted octanol–water partition coefficient (Wildman–Crippen LogP) is 2.02. The summed E-state index contributed by atoms with van der Waals surface area (Å²) in [5.74, 6) is -2.02. The number of carbonyl (C=O) groups excluding carboxylic acids is 3. The van der Waals surface area contributed by atoms with E-state index in [0.29, 0.717) is 11.3 Å². The summed E-state index contributed by atoms with van der Waals surface area (Å²) < 4.78 is 5.13. The van der Waals surface area contributed by atoms with E-state index >= 15 is 0 Å². The Morgan fingerprint density at radius 3 is 2.23 bits per heavy atom. The second-order valence-electron chi connectivity index (χ2n) is 7.71. The third kappa shape index (κ3) is 9.79. The van der Waals surface area contributed by atoms with Gasteiger partial charge < -0.3 is 26.2 Å². The second-order valence-corrected chi connectivity index (χ2v) is 8.74. The zero-order valence-electron chi connectivity index (χ0n) is 19.5. The molecule has 0 spiro atoms. The Hall–Kier alpha value is -3.37. The first-order chi connectivity index (χ1) is 16.8. The fourth-order valence-corrected chi connectivity index (χ4v) is 4.14. The molecule has 0 saturated carbocycles. The van der Waals surface area contributed by atoms with E-state index < -0.39 is 41.9 Å². The molecule has 10 heteroatoms. The van der Waals surface area contributed by atoms with Gasteiger partial charge in [0.1, 0.15) is 12.1 Å². The highest BCUT2D eigenvalue weighted by molar-refractivity contribution is 7.98. The number of ether oxygens (including phenoxy) is 1. The number of amides is 2. The molecule has 2 unspecified atom stereocenters. The number of carboxylic acids is 1. The molecule has 0 saturated heterocycles. The number of nitrogens with two attached hydrogens (primary N) is 1. The molecule has 0 fully saturated rings. The maximum atomic E-state index is 13.2. The van der Waals surface area contributed by atoms with Crippen LogP contribution < -0.4 is 16.4 Å². The van der Waals surface area contributed by atoms with Crippen LogP contribution in [0.15, 0.2) is 60.7 Å². The molecule has 9 nitrogen and oxygen atoms in total. The van der Waals surface area contributed by atoms with Crippen molar-refractivity contribution in [2.75, 3.05) is 12.4 Å². The Labute approximate surface area is 208 Å². The van der Waals surface area contributed by atoms with Crippen LogP contribution in [-0.4, -0.2) is 53.3 Å². The Kier molecular flexibility index (Phi) is 11.8. The number of thioether (sulfide) groups is 1. The average molecular weight is 502 g/mol. The summed E-state index contributed by atoms with van der Waals surface area (Å²) in [7, 11) is 0. The Balaban J connectivity index is 2.11. The summed E-state index contributed by atoms with van der Waals surface area (Å²) in [6.45, 7) is 1.82. The zero-order valence-corrected chi connectivity index (χ0v) is 20.3. The number of hydrogen-bond acceptors (Lipinski definition) is 7. The van der Waals surface area contributed by atoms with E-state index in [-0.39, 0.29) is 25.2 Å². The number of carbonyl (C=O) groups is 4. The molecule has 0 radical (unpaired) electrons. The maximum Gasteiger partial charge on any atom is 0.333 e. The molecule has 0 aliphatic rings. The number of hydrogen-bond donors (Lipinski definition) is 4. The maximum absolute atomic E-state index is 13.2.